The number of hydrogen-bond acceptors (Lipinski definition) is 7. The summed E-state index contributed by atoms with van der Waals surface area (Å²) in [4.78, 5) is 31.6. The molecule has 162 valence electrons. The largest absolute Gasteiger partial charge is 0.478 e. The first-order chi connectivity index (χ1) is 14.8. The summed E-state index contributed by atoms with van der Waals surface area (Å²) in [7, 11) is 0. The number of hydrogen-bond donors (Lipinski definition) is 2. The second-order valence-corrected chi connectivity index (χ2v) is 9.67. The van der Waals surface area contributed by atoms with Crippen LogP contribution in [0.25, 0.3) is 11.0 Å². The molecule has 0 aliphatic carbocycles. The Morgan fingerprint density at radius 2 is 2.26 bits per heavy atom. The van der Waals surface area contributed by atoms with Crippen LogP contribution < -0.4 is 10.2 Å². The molecule has 1 amide bonds. The monoisotopic (exact) mass is 441 g/mol. The normalized spacial score (nSPS) is 20.5. The Balaban J connectivity index is 1.45. The lowest BCUT2D eigenvalue weighted by molar-refractivity contribution is 0.0696. The number of anilines is 1. The number of nitrogens with one attached hydrogen (secondary N) is 1. The van der Waals surface area contributed by atoms with E-state index in [1.807, 2.05) is 13.8 Å². The first-order valence-electron chi connectivity index (χ1n) is 10.2. The van der Waals surface area contributed by atoms with Gasteiger partial charge in [0.1, 0.15) is 10.5 Å². The SMILES string of the molecule is CC1(C)Cc2nc(N3CCOC[C@@H]3Cc3coc4ccc(C(=O)O)cc34)sc2C(=O)N1. The van der Waals surface area contributed by atoms with Crippen molar-refractivity contribution in [2.45, 2.75) is 38.3 Å². The molecule has 1 saturated heterocycles. The Kier molecular flexibility index (Phi) is 4.75. The Labute approximate surface area is 182 Å². The fraction of sp³-hybridized carbons (Fsp3) is 0.409. The van der Waals surface area contributed by atoms with Gasteiger partial charge in [0.2, 0.25) is 0 Å². The number of carboxylic acid groups (broad SMARTS) is 1. The molecule has 0 bridgehead atoms. The summed E-state index contributed by atoms with van der Waals surface area (Å²) in [6.07, 6.45) is 3.01. The van der Waals surface area contributed by atoms with Gasteiger partial charge in [-0.3, -0.25) is 4.79 Å². The number of rotatable bonds is 4. The Morgan fingerprint density at radius 1 is 1.42 bits per heavy atom. The fourth-order valence-electron chi connectivity index (χ4n) is 4.29. The molecular formula is C22H23N3O5S. The summed E-state index contributed by atoms with van der Waals surface area (Å²) in [6.45, 7) is 5.79. The minimum absolute atomic E-state index is 0.00621. The van der Waals surface area contributed by atoms with Crippen molar-refractivity contribution >= 4 is 39.3 Å². The minimum atomic E-state index is -0.966. The summed E-state index contributed by atoms with van der Waals surface area (Å²) in [5.74, 6) is -1.03. The lowest BCUT2D eigenvalue weighted by atomic mass is 9.94. The van der Waals surface area contributed by atoms with Crippen LogP contribution in [0.5, 0.6) is 0 Å². The first kappa shape index (κ1) is 20.0. The van der Waals surface area contributed by atoms with E-state index in [0.717, 1.165) is 21.8 Å². The number of benzene rings is 1. The number of nitrogens with zero attached hydrogens (tertiary/aromatic N) is 2. The molecule has 31 heavy (non-hydrogen) atoms. The van der Waals surface area contributed by atoms with E-state index >= 15 is 0 Å². The van der Waals surface area contributed by atoms with Gasteiger partial charge in [0.15, 0.2) is 5.13 Å². The molecule has 5 rings (SSSR count). The average Bonchev–Trinajstić information content (AvgIpc) is 3.31. The van der Waals surface area contributed by atoms with E-state index in [4.69, 9.17) is 14.1 Å². The zero-order valence-corrected chi connectivity index (χ0v) is 18.1. The number of thiazole rings is 1. The average molecular weight is 442 g/mol. The highest BCUT2D eigenvalue weighted by Gasteiger charge is 2.35. The molecule has 3 aromatic rings. The maximum absolute atomic E-state index is 12.5. The van der Waals surface area contributed by atoms with Gasteiger partial charge in [-0.2, -0.15) is 0 Å². The van der Waals surface area contributed by atoms with E-state index in [1.54, 1.807) is 24.5 Å². The Hall–Kier alpha value is -2.91. The smallest absolute Gasteiger partial charge is 0.335 e. The molecule has 4 heterocycles. The third-order valence-corrected chi connectivity index (χ3v) is 6.92. The lowest BCUT2D eigenvalue weighted by Gasteiger charge is -2.35. The zero-order chi connectivity index (χ0) is 21.8. The molecule has 2 aliphatic rings. The molecule has 0 radical (unpaired) electrons. The number of amides is 1. The Morgan fingerprint density at radius 3 is 3.06 bits per heavy atom. The summed E-state index contributed by atoms with van der Waals surface area (Å²) >= 11 is 1.42. The standard InChI is InChI=1S/C22H23N3O5S/c1-22(2)9-16-18(19(26)24-22)31-21(23-16)25-5-6-29-11-14(25)7-13-10-30-17-4-3-12(20(27)28)8-15(13)17/h3-4,8,10,14H,5-7,9,11H2,1-2H3,(H,24,26)(H,27,28)/t14-/m0/s1. The van der Waals surface area contributed by atoms with Gasteiger partial charge < -0.3 is 24.5 Å². The molecule has 1 aromatic carbocycles. The van der Waals surface area contributed by atoms with Crippen molar-refractivity contribution < 1.29 is 23.8 Å². The summed E-state index contributed by atoms with van der Waals surface area (Å²) in [6, 6.07) is 4.89. The van der Waals surface area contributed by atoms with Crippen molar-refractivity contribution in [2.75, 3.05) is 24.7 Å². The van der Waals surface area contributed by atoms with Crippen molar-refractivity contribution in [1.82, 2.24) is 10.3 Å². The number of furan rings is 1. The van der Waals surface area contributed by atoms with Crippen LogP contribution in [-0.2, 0) is 17.6 Å². The van der Waals surface area contributed by atoms with Crippen molar-refractivity contribution in [1.29, 1.82) is 0 Å². The maximum atomic E-state index is 12.5. The van der Waals surface area contributed by atoms with Crippen LogP contribution in [0.3, 0.4) is 0 Å². The predicted molar refractivity (Wildman–Crippen MR) is 116 cm³/mol. The van der Waals surface area contributed by atoms with E-state index in [9.17, 15) is 14.7 Å². The molecule has 2 N–H and O–H groups in total. The molecule has 9 heteroatoms. The van der Waals surface area contributed by atoms with Crippen LogP contribution in [0.1, 0.15) is 45.1 Å². The first-order valence-corrected chi connectivity index (χ1v) is 11.0. The van der Waals surface area contributed by atoms with Crippen LogP contribution in [-0.4, -0.2) is 53.3 Å². The molecule has 2 aliphatic heterocycles. The van der Waals surface area contributed by atoms with Gasteiger partial charge in [0, 0.05) is 29.5 Å². The van der Waals surface area contributed by atoms with Crippen LogP contribution in [0.4, 0.5) is 5.13 Å². The third-order valence-electron chi connectivity index (χ3n) is 5.78. The van der Waals surface area contributed by atoms with E-state index in [-0.39, 0.29) is 23.1 Å². The number of carbonyl (C=O) groups is 2. The maximum Gasteiger partial charge on any atom is 0.335 e. The van der Waals surface area contributed by atoms with E-state index in [0.29, 0.717) is 43.1 Å². The molecule has 2 aromatic heterocycles. The van der Waals surface area contributed by atoms with Crippen LogP contribution in [0.15, 0.2) is 28.9 Å². The van der Waals surface area contributed by atoms with Crippen molar-refractivity contribution in [2.24, 2.45) is 0 Å². The van der Waals surface area contributed by atoms with E-state index < -0.39 is 5.97 Å². The minimum Gasteiger partial charge on any atom is -0.478 e. The van der Waals surface area contributed by atoms with E-state index in [2.05, 4.69) is 10.2 Å². The highest BCUT2D eigenvalue weighted by molar-refractivity contribution is 7.17. The number of carboxylic acids is 1. The van der Waals surface area contributed by atoms with E-state index in [1.165, 1.54) is 11.3 Å². The number of aromatic nitrogens is 1. The van der Waals surface area contributed by atoms with Gasteiger partial charge in [-0.05, 0) is 38.5 Å². The second-order valence-electron chi connectivity index (χ2n) is 8.69. The van der Waals surface area contributed by atoms with Gasteiger partial charge in [-0.25, -0.2) is 9.78 Å². The molecule has 0 spiro atoms. The van der Waals surface area contributed by atoms with Crippen molar-refractivity contribution in [3.63, 3.8) is 0 Å². The summed E-state index contributed by atoms with van der Waals surface area (Å²) in [5.41, 5.74) is 2.36. The molecule has 0 saturated carbocycles. The number of ether oxygens (including phenoxy) is 1. The molecule has 0 unspecified atom stereocenters. The van der Waals surface area contributed by atoms with Crippen LogP contribution in [0, 0.1) is 0 Å². The highest BCUT2D eigenvalue weighted by Crippen LogP contribution is 2.34. The fourth-order valence-corrected chi connectivity index (χ4v) is 5.36. The molecular weight excluding hydrogens is 418 g/mol. The van der Waals surface area contributed by atoms with Crippen molar-refractivity contribution in [3.05, 3.63) is 46.2 Å². The van der Waals surface area contributed by atoms with Crippen LogP contribution in [0.2, 0.25) is 0 Å². The Bertz CT molecular complexity index is 1180. The van der Waals surface area contributed by atoms with Gasteiger partial charge in [-0.1, -0.05) is 11.3 Å². The predicted octanol–water partition coefficient (Wildman–Crippen LogP) is 3.10. The quantitative estimate of drug-likeness (QED) is 0.641. The summed E-state index contributed by atoms with van der Waals surface area (Å²) in [5, 5.41) is 14.0. The second kappa shape index (κ2) is 7.35. The number of aromatic carboxylic acids is 1. The highest BCUT2D eigenvalue weighted by atomic mass is 32.1. The molecule has 1 atom stereocenters. The molecule has 8 nitrogen and oxygen atoms in total. The number of morpholine rings is 1. The van der Waals surface area contributed by atoms with Gasteiger partial charge in [-0.15, -0.1) is 0 Å². The van der Waals surface area contributed by atoms with Gasteiger partial charge in [0.05, 0.1) is 36.8 Å². The topological polar surface area (TPSA) is 105 Å². The lowest BCUT2D eigenvalue weighted by Crippen LogP contribution is -2.48. The zero-order valence-electron chi connectivity index (χ0n) is 17.3. The van der Waals surface area contributed by atoms with Gasteiger partial charge >= 0.3 is 5.97 Å². The van der Waals surface area contributed by atoms with Gasteiger partial charge in [0.25, 0.3) is 5.91 Å². The number of carbonyl (C=O) groups excluding carboxylic acids is 1. The third kappa shape index (κ3) is 3.68. The molecule has 1 fully saturated rings. The number of fused-ring (bicyclic) bond motifs is 2. The van der Waals surface area contributed by atoms with Crippen molar-refractivity contribution in [3.8, 4) is 0 Å². The summed E-state index contributed by atoms with van der Waals surface area (Å²) < 4.78 is 11.4. The van der Waals surface area contributed by atoms with Crippen LogP contribution >= 0.6 is 11.3 Å².